The number of hydrogen-bond acceptors (Lipinski definition) is 3. The summed E-state index contributed by atoms with van der Waals surface area (Å²) < 4.78 is 18.4. The molecule has 0 fully saturated rings. The molecule has 0 saturated heterocycles. The quantitative estimate of drug-likeness (QED) is 0.599. The first-order chi connectivity index (χ1) is 13.6. The number of rotatable bonds is 8. The lowest BCUT2D eigenvalue weighted by Crippen LogP contribution is -2.14. The van der Waals surface area contributed by atoms with Gasteiger partial charge in [-0.1, -0.05) is 24.3 Å². The number of benzene rings is 3. The van der Waals surface area contributed by atoms with E-state index in [1.807, 2.05) is 42.5 Å². The van der Waals surface area contributed by atoms with Gasteiger partial charge < -0.3 is 15.4 Å². The summed E-state index contributed by atoms with van der Waals surface area (Å²) in [6.07, 6.45) is 1.02. The largest absolute Gasteiger partial charge is 0.497 e. The van der Waals surface area contributed by atoms with E-state index in [2.05, 4.69) is 16.7 Å². The number of halogens is 1. The Kier molecular flexibility index (Phi) is 6.63. The van der Waals surface area contributed by atoms with Crippen molar-refractivity contribution in [2.24, 2.45) is 0 Å². The summed E-state index contributed by atoms with van der Waals surface area (Å²) in [5.41, 5.74) is 3.53. The van der Waals surface area contributed by atoms with Crippen molar-refractivity contribution < 1.29 is 13.9 Å². The van der Waals surface area contributed by atoms with Gasteiger partial charge in [0.2, 0.25) is 5.91 Å². The standard InChI is InChI=1S/C23H23FN2O2/c1-28-22-7-3-4-17(15-22)12-13-25-20-8-10-21(11-9-20)26-23(27)16-18-5-2-6-19(24)14-18/h2-11,14-15,25H,12-13,16H2,1H3,(H,26,27). The van der Waals surface area contributed by atoms with E-state index in [0.29, 0.717) is 11.3 Å². The molecule has 2 N–H and O–H groups in total. The SMILES string of the molecule is COc1cccc(CCNc2ccc(NC(=O)Cc3cccc(F)c3)cc2)c1. The summed E-state index contributed by atoms with van der Waals surface area (Å²) in [4.78, 5) is 12.1. The number of carbonyl (C=O) groups excluding carboxylic acids is 1. The molecule has 0 heterocycles. The minimum atomic E-state index is -0.338. The number of carbonyl (C=O) groups is 1. The van der Waals surface area contributed by atoms with Crippen LogP contribution in [0.25, 0.3) is 0 Å². The van der Waals surface area contributed by atoms with Gasteiger partial charge in [0.25, 0.3) is 0 Å². The lowest BCUT2D eigenvalue weighted by atomic mass is 10.1. The van der Waals surface area contributed by atoms with Crippen molar-refractivity contribution in [3.8, 4) is 5.75 Å². The van der Waals surface area contributed by atoms with Crippen LogP contribution in [0.2, 0.25) is 0 Å². The van der Waals surface area contributed by atoms with E-state index in [-0.39, 0.29) is 18.1 Å². The molecule has 3 aromatic rings. The van der Waals surface area contributed by atoms with Crippen LogP contribution in [-0.4, -0.2) is 19.6 Å². The summed E-state index contributed by atoms with van der Waals surface area (Å²) in [5, 5.41) is 6.19. The van der Waals surface area contributed by atoms with Crippen LogP contribution in [0.15, 0.2) is 72.8 Å². The Labute approximate surface area is 164 Å². The summed E-state index contributed by atoms with van der Waals surface area (Å²) in [5.74, 6) is 0.342. The molecular weight excluding hydrogens is 355 g/mol. The Morgan fingerprint density at radius 1 is 0.929 bits per heavy atom. The maximum atomic E-state index is 13.2. The maximum absolute atomic E-state index is 13.2. The second-order valence-electron chi connectivity index (χ2n) is 6.46. The molecule has 3 rings (SSSR count). The van der Waals surface area contributed by atoms with Gasteiger partial charge in [0.15, 0.2) is 0 Å². The van der Waals surface area contributed by atoms with Crippen molar-refractivity contribution in [2.45, 2.75) is 12.8 Å². The zero-order valence-corrected chi connectivity index (χ0v) is 15.7. The highest BCUT2D eigenvalue weighted by atomic mass is 19.1. The van der Waals surface area contributed by atoms with Crippen molar-refractivity contribution in [1.29, 1.82) is 0 Å². The molecule has 28 heavy (non-hydrogen) atoms. The molecule has 0 aromatic heterocycles. The van der Waals surface area contributed by atoms with Crippen molar-refractivity contribution in [2.75, 3.05) is 24.3 Å². The highest BCUT2D eigenvalue weighted by Crippen LogP contribution is 2.16. The van der Waals surface area contributed by atoms with Crippen LogP contribution >= 0.6 is 0 Å². The number of hydrogen-bond donors (Lipinski definition) is 2. The minimum absolute atomic E-state index is 0.137. The molecule has 1 amide bonds. The van der Waals surface area contributed by atoms with Gasteiger partial charge in [-0.25, -0.2) is 4.39 Å². The number of anilines is 2. The van der Waals surface area contributed by atoms with Crippen LogP contribution in [-0.2, 0) is 17.6 Å². The maximum Gasteiger partial charge on any atom is 0.228 e. The minimum Gasteiger partial charge on any atom is -0.497 e. The summed E-state index contributed by atoms with van der Waals surface area (Å²) in [6.45, 7) is 0.790. The van der Waals surface area contributed by atoms with E-state index < -0.39 is 0 Å². The Balaban J connectivity index is 1.47. The van der Waals surface area contributed by atoms with Gasteiger partial charge >= 0.3 is 0 Å². The molecule has 3 aromatic carbocycles. The summed E-state index contributed by atoms with van der Waals surface area (Å²) >= 11 is 0. The van der Waals surface area contributed by atoms with E-state index in [4.69, 9.17) is 4.74 Å². The van der Waals surface area contributed by atoms with E-state index in [1.54, 1.807) is 19.2 Å². The molecule has 0 bridgehead atoms. The van der Waals surface area contributed by atoms with Gasteiger partial charge in [-0.2, -0.15) is 0 Å². The third kappa shape index (κ3) is 5.84. The molecule has 0 aliphatic carbocycles. The Bertz CT molecular complexity index is 926. The molecule has 0 atom stereocenters. The van der Waals surface area contributed by atoms with Crippen molar-refractivity contribution in [3.63, 3.8) is 0 Å². The molecule has 144 valence electrons. The fraction of sp³-hybridized carbons (Fsp3) is 0.174. The van der Waals surface area contributed by atoms with Gasteiger partial charge in [-0.05, 0) is 66.1 Å². The molecule has 0 radical (unpaired) electrons. The topological polar surface area (TPSA) is 50.4 Å². The van der Waals surface area contributed by atoms with Gasteiger partial charge in [0.05, 0.1) is 13.5 Å². The average molecular weight is 378 g/mol. The van der Waals surface area contributed by atoms with Crippen LogP contribution < -0.4 is 15.4 Å². The van der Waals surface area contributed by atoms with E-state index in [0.717, 1.165) is 24.4 Å². The molecule has 0 spiro atoms. The molecule has 0 aliphatic rings. The fourth-order valence-corrected chi connectivity index (χ4v) is 2.89. The smallest absolute Gasteiger partial charge is 0.228 e. The van der Waals surface area contributed by atoms with Crippen molar-refractivity contribution in [1.82, 2.24) is 0 Å². The number of ether oxygens (including phenoxy) is 1. The van der Waals surface area contributed by atoms with Crippen LogP contribution in [0.5, 0.6) is 5.75 Å². The summed E-state index contributed by atoms with van der Waals surface area (Å²) in [6, 6.07) is 21.6. The van der Waals surface area contributed by atoms with E-state index >= 15 is 0 Å². The molecule has 4 nitrogen and oxygen atoms in total. The Hall–Kier alpha value is -3.34. The Morgan fingerprint density at radius 3 is 2.39 bits per heavy atom. The number of nitrogens with one attached hydrogen (secondary N) is 2. The average Bonchev–Trinajstić information content (AvgIpc) is 2.69. The van der Waals surface area contributed by atoms with Crippen LogP contribution in [0.4, 0.5) is 15.8 Å². The fourth-order valence-electron chi connectivity index (χ4n) is 2.89. The monoisotopic (exact) mass is 378 g/mol. The first-order valence-electron chi connectivity index (χ1n) is 9.13. The third-order valence-electron chi connectivity index (χ3n) is 4.30. The zero-order valence-electron chi connectivity index (χ0n) is 15.7. The predicted molar refractivity (Wildman–Crippen MR) is 110 cm³/mol. The van der Waals surface area contributed by atoms with Crippen LogP contribution in [0.3, 0.4) is 0 Å². The van der Waals surface area contributed by atoms with Crippen molar-refractivity contribution >= 4 is 17.3 Å². The lowest BCUT2D eigenvalue weighted by Gasteiger charge is -2.09. The molecule has 0 aliphatic heterocycles. The predicted octanol–water partition coefficient (Wildman–Crippen LogP) is 4.67. The van der Waals surface area contributed by atoms with Gasteiger partial charge in [0, 0.05) is 17.9 Å². The van der Waals surface area contributed by atoms with Gasteiger partial charge in [0.1, 0.15) is 11.6 Å². The van der Waals surface area contributed by atoms with Crippen LogP contribution in [0.1, 0.15) is 11.1 Å². The molecule has 0 saturated carbocycles. The first kappa shape index (κ1) is 19.4. The second kappa shape index (κ2) is 9.55. The molecular formula is C23H23FN2O2. The first-order valence-corrected chi connectivity index (χ1v) is 9.13. The number of methoxy groups -OCH3 is 1. The van der Waals surface area contributed by atoms with Gasteiger partial charge in [-0.15, -0.1) is 0 Å². The third-order valence-corrected chi connectivity index (χ3v) is 4.30. The highest BCUT2D eigenvalue weighted by molar-refractivity contribution is 5.92. The Morgan fingerprint density at radius 2 is 1.64 bits per heavy atom. The normalized spacial score (nSPS) is 10.4. The molecule has 5 heteroatoms. The second-order valence-corrected chi connectivity index (χ2v) is 6.46. The van der Waals surface area contributed by atoms with Crippen LogP contribution in [0, 0.1) is 5.82 Å². The highest BCUT2D eigenvalue weighted by Gasteiger charge is 2.05. The van der Waals surface area contributed by atoms with Crippen molar-refractivity contribution in [3.05, 3.63) is 89.7 Å². The van der Waals surface area contributed by atoms with Gasteiger partial charge in [-0.3, -0.25) is 4.79 Å². The van der Waals surface area contributed by atoms with E-state index in [1.165, 1.54) is 17.7 Å². The number of amides is 1. The summed E-state index contributed by atoms with van der Waals surface area (Å²) in [7, 11) is 1.66. The van der Waals surface area contributed by atoms with E-state index in [9.17, 15) is 9.18 Å². The molecule has 0 unspecified atom stereocenters. The zero-order chi connectivity index (χ0) is 19.8. The lowest BCUT2D eigenvalue weighted by molar-refractivity contribution is -0.115.